The third kappa shape index (κ3) is 6.16. The van der Waals surface area contributed by atoms with Gasteiger partial charge in [0.15, 0.2) is 17.2 Å². The molecule has 0 saturated heterocycles. The number of ether oxygens (including phenoxy) is 4. The Morgan fingerprint density at radius 1 is 0.842 bits per heavy atom. The molecule has 2 atom stereocenters. The van der Waals surface area contributed by atoms with Crippen LogP contribution in [0.15, 0.2) is 48.7 Å². The smallest absolute Gasteiger partial charge is 0.328 e. The molecule has 2 aromatic carbocycles. The maximum absolute atomic E-state index is 13.1. The molecular weight excluding hydrogens is 488 g/mol. The van der Waals surface area contributed by atoms with Crippen LogP contribution in [0.4, 0.5) is 0 Å². The summed E-state index contributed by atoms with van der Waals surface area (Å²) in [6.45, 7) is 7.21. The summed E-state index contributed by atoms with van der Waals surface area (Å²) in [5.41, 5.74) is 3.48. The first kappa shape index (κ1) is 28.3. The Bertz CT molecular complexity index is 1250. The van der Waals surface area contributed by atoms with Gasteiger partial charge < -0.3 is 29.4 Å². The van der Waals surface area contributed by atoms with Gasteiger partial charge in [0.05, 0.1) is 21.3 Å². The van der Waals surface area contributed by atoms with Crippen molar-refractivity contribution in [2.24, 2.45) is 0 Å². The SMILES string of the molecule is COc1cc(C(c2ccc(C)c(OC)c2)[C@H](C)OC(=O)[C@H](C)NC(=O)c2nccc(OC)c2O)ccc1C. The highest BCUT2D eigenvalue weighted by molar-refractivity contribution is 5.97. The normalized spacial score (nSPS) is 12.4. The van der Waals surface area contributed by atoms with Gasteiger partial charge >= 0.3 is 5.97 Å². The molecule has 0 aliphatic rings. The number of carbonyl (C=O) groups excluding carboxylic acids is 2. The van der Waals surface area contributed by atoms with Crippen LogP contribution in [0.3, 0.4) is 0 Å². The molecule has 0 aliphatic carbocycles. The third-order valence-corrected chi connectivity index (χ3v) is 6.38. The van der Waals surface area contributed by atoms with Crippen molar-refractivity contribution < 1.29 is 33.6 Å². The summed E-state index contributed by atoms with van der Waals surface area (Å²) in [6, 6.07) is 12.1. The van der Waals surface area contributed by atoms with Crippen molar-refractivity contribution in [1.29, 1.82) is 0 Å². The minimum Gasteiger partial charge on any atom is -0.503 e. The average molecular weight is 523 g/mol. The van der Waals surface area contributed by atoms with Gasteiger partial charge in [-0.05, 0) is 62.1 Å². The molecule has 0 radical (unpaired) electrons. The van der Waals surface area contributed by atoms with E-state index in [1.54, 1.807) is 21.1 Å². The van der Waals surface area contributed by atoms with Crippen LogP contribution >= 0.6 is 0 Å². The number of aryl methyl sites for hydroxylation is 2. The van der Waals surface area contributed by atoms with Crippen LogP contribution in [0.5, 0.6) is 23.0 Å². The number of aromatic nitrogens is 1. The Labute approximate surface area is 222 Å². The molecule has 9 nitrogen and oxygen atoms in total. The monoisotopic (exact) mass is 522 g/mol. The highest BCUT2D eigenvalue weighted by Gasteiger charge is 2.29. The quantitative estimate of drug-likeness (QED) is 0.379. The number of amides is 1. The number of carbonyl (C=O) groups is 2. The van der Waals surface area contributed by atoms with Crippen molar-refractivity contribution in [3.63, 3.8) is 0 Å². The molecule has 0 spiro atoms. The zero-order valence-electron chi connectivity index (χ0n) is 22.7. The predicted octanol–water partition coefficient (Wildman–Crippen LogP) is 4.31. The third-order valence-electron chi connectivity index (χ3n) is 6.38. The molecule has 3 aromatic rings. The minimum atomic E-state index is -1.02. The molecule has 0 fully saturated rings. The zero-order chi connectivity index (χ0) is 28.0. The first-order chi connectivity index (χ1) is 18.1. The van der Waals surface area contributed by atoms with E-state index in [1.165, 1.54) is 26.3 Å². The second-order valence-corrected chi connectivity index (χ2v) is 8.98. The van der Waals surface area contributed by atoms with Gasteiger partial charge in [0, 0.05) is 18.2 Å². The van der Waals surface area contributed by atoms with Gasteiger partial charge in [-0.25, -0.2) is 9.78 Å². The number of rotatable bonds is 10. The summed E-state index contributed by atoms with van der Waals surface area (Å²) in [5.74, 6) is -0.609. The number of esters is 1. The van der Waals surface area contributed by atoms with Gasteiger partial charge in [-0.2, -0.15) is 0 Å². The number of aromatic hydroxyl groups is 1. The number of hydrogen-bond acceptors (Lipinski definition) is 8. The van der Waals surface area contributed by atoms with Gasteiger partial charge in [-0.1, -0.05) is 24.3 Å². The van der Waals surface area contributed by atoms with Gasteiger partial charge in [0.1, 0.15) is 23.6 Å². The van der Waals surface area contributed by atoms with E-state index >= 15 is 0 Å². The molecule has 38 heavy (non-hydrogen) atoms. The Balaban J connectivity index is 1.86. The maximum atomic E-state index is 13.1. The molecule has 1 aromatic heterocycles. The van der Waals surface area contributed by atoms with Crippen LogP contribution in [-0.2, 0) is 9.53 Å². The number of hydrogen-bond donors (Lipinski definition) is 2. The molecule has 0 unspecified atom stereocenters. The van der Waals surface area contributed by atoms with Crippen molar-refractivity contribution in [3.05, 3.63) is 76.6 Å². The molecule has 3 rings (SSSR count). The van der Waals surface area contributed by atoms with E-state index in [1.807, 2.05) is 50.2 Å². The fraction of sp³-hybridized carbons (Fsp3) is 0.345. The van der Waals surface area contributed by atoms with Crippen molar-refractivity contribution in [1.82, 2.24) is 10.3 Å². The molecule has 9 heteroatoms. The van der Waals surface area contributed by atoms with Crippen LogP contribution in [0.25, 0.3) is 0 Å². The van der Waals surface area contributed by atoms with E-state index in [0.717, 1.165) is 33.8 Å². The predicted molar refractivity (Wildman–Crippen MR) is 142 cm³/mol. The van der Waals surface area contributed by atoms with Gasteiger partial charge in [-0.3, -0.25) is 4.79 Å². The van der Waals surface area contributed by atoms with Crippen molar-refractivity contribution >= 4 is 11.9 Å². The van der Waals surface area contributed by atoms with Gasteiger partial charge in [0.25, 0.3) is 5.91 Å². The van der Waals surface area contributed by atoms with Gasteiger partial charge in [-0.15, -0.1) is 0 Å². The Morgan fingerprint density at radius 3 is 1.87 bits per heavy atom. The lowest BCUT2D eigenvalue weighted by Gasteiger charge is -2.27. The molecule has 1 amide bonds. The lowest BCUT2D eigenvalue weighted by Crippen LogP contribution is -2.41. The van der Waals surface area contributed by atoms with Crippen LogP contribution < -0.4 is 19.5 Å². The van der Waals surface area contributed by atoms with Crippen LogP contribution in [0, 0.1) is 13.8 Å². The largest absolute Gasteiger partial charge is 0.503 e. The molecule has 0 aliphatic heterocycles. The van der Waals surface area contributed by atoms with Gasteiger partial charge in [0.2, 0.25) is 0 Å². The van der Waals surface area contributed by atoms with Crippen molar-refractivity contribution in [2.45, 2.75) is 45.8 Å². The second-order valence-electron chi connectivity index (χ2n) is 8.98. The van der Waals surface area contributed by atoms with Crippen molar-refractivity contribution in [2.75, 3.05) is 21.3 Å². The first-order valence-corrected chi connectivity index (χ1v) is 12.1. The van der Waals surface area contributed by atoms with E-state index in [9.17, 15) is 14.7 Å². The number of benzene rings is 2. The number of nitrogens with one attached hydrogen (secondary N) is 1. The van der Waals surface area contributed by atoms with E-state index in [2.05, 4.69) is 10.3 Å². The molecular formula is C29H34N2O7. The lowest BCUT2D eigenvalue weighted by molar-refractivity contribution is -0.150. The summed E-state index contributed by atoms with van der Waals surface area (Å²) in [5, 5.41) is 12.8. The topological polar surface area (TPSA) is 116 Å². The molecule has 202 valence electrons. The number of methoxy groups -OCH3 is 3. The maximum Gasteiger partial charge on any atom is 0.328 e. The van der Waals surface area contributed by atoms with Crippen LogP contribution in [-0.4, -0.2) is 55.4 Å². The highest BCUT2D eigenvalue weighted by atomic mass is 16.5. The Hall–Kier alpha value is -4.27. The fourth-order valence-corrected chi connectivity index (χ4v) is 4.24. The second kappa shape index (κ2) is 12.3. The Morgan fingerprint density at radius 2 is 1.37 bits per heavy atom. The number of nitrogens with zero attached hydrogens (tertiary/aromatic N) is 1. The van der Waals surface area contributed by atoms with Crippen LogP contribution in [0.2, 0.25) is 0 Å². The summed E-state index contributed by atoms with van der Waals surface area (Å²) < 4.78 is 21.9. The number of pyridine rings is 1. The van der Waals surface area contributed by atoms with E-state index in [-0.39, 0.29) is 17.4 Å². The molecule has 2 N–H and O–H groups in total. The lowest BCUT2D eigenvalue weighted by atomic mass is 9.86. The van der Waals surface area contributed by atoms with E-state index in [0.29, 0.717) is 0 Å². The molecule has 0 bridgehead atoms. The van der Waals surface area contributed by atoms with E-state index < -0.39 is 29.8 Å². The summed E-state index contributed by atoms with van der Waals surface area (Å²) in [7, 11) is 4.58. The fourth-order valence-electron chi connectivity index (χ4n) is 4.24. The summed E-state index contributed by atoms with van der Waals surface area (Å²) >= 11 is 0. The molecule has 0 saturated carbocycles. The minimum absolute atomic E-state index is 0.0962. The summed E-state index contributed by atoms with van der Waals surface area (Å²) in [6.07, 6.45) is 0.708. The average Bonchev–Trinajstić information content (AvgIpc) is 2.90. The standard InChI is InChI=1S/C29H34N2O7/c1-16-8-10-20(14-23(16)36-6)25(21-11-9-17(2)24(15-21)37-7)19(4)38-29(34)18(3)31-28(33)26-27(32)22(35-5)12-13-30-26/h8-15,18-19,25,32H,1-7H3,(H,31,33)/t18-,19-/m0/s1. The van der Waals surface area contributed by atoms with Crippen molar-refractivity contribution in [3.8, 4) is 23.0 Å². The highest BCUT2D eigenvalue weighted by Crippen LogP contribution is 2.35. The first-order valence-electron chi connectivity index (χ1n) is 12.1. The van der Waals surface area contributed by atoms with E-state index in [4.69, 9.17) is 18.9 Å². The zero-order valence-corrected chi connectivity index (χ0v) is 22.7. The molecule has 1 heterocycles. The Kier molecular flexibility index (Phi) is 9.17. The van der Waals surface area contributed by atoms with Crippen LogP contribution in [0.1, 0.15) is 52.5 Å². The summed E-state index contributed by atoms with van der Waals surface area (Å²) in [4.78, 5) is 29.6.